The van der Waals surface area contributed by atoms with Crippen LogP contribution < -0.4 is 60.2 Å². The van der Waals surface area contributed by atoms with Gasteiger partial charge in [-0.15, -0.1) is 0 Å². The number of nitrogens with one attached hydrogen (secondary N) is 7. The minimum absolute atomic E-state index is 0.0363. The van der Waals surface area contributed by atoms with Crippen molar-refractivity contribution in [3.63, 3.8) is 0 Å². The first-order chi connectivity index (χ1) is 33.1. The number of nitrogens with zero attached hydrogens (tertiary/aromatic N) is 2. The van der Waals surface area contributed by atoms with Gasteiger partial charge in [-0.3, -0.25) is 48.1 Å². The molecule has 1 rings (SSSR count). The van der Waals surface area contributed by atoms with Crippen molar-refractivity contribution in [3.05, 3.63) is 0 Å². The zero-order valence-electron chi connectivity index (χ0n) is 43.1. The van der Waals surface area contributed by atoms with Gasteiger partial charge in [0, 0.05) is 13.1 Å². The fraction of sp³-hybridized carbons (Fsp3) is 0.761. The first-order valence-corrected chi connectivity index (χ1v) is 25.8. The van der Waals surface area contributed by atoms with Gasteiger partial charge in [-0.05, 0) is 87.5 Å². The number of aliphatic imine (C=N–C) groups is 1. The molecule has 25 heteroatoms. The Labute approximate surface area is 422 Å². The highest BCUT2D eigenvalue weighted by Crippen LogP contribution is 2.22. The molecule has 1 heterocycles. The van der Waals surface area contributed by atoms with Crippen LogP contribution in [0.2, 0.25) is 0 Å². The Morgan fingerprint density at radius 1 is 0.676 bits per heavy atom. The number of aliphatic carboxylic acids is 1. The normalized spacial score (nSPS) is 17.3. The third kappa shape index (κ3) is 22.5. The fourth-order valence-corrected chi connectivity index (χ4v) is 8.07. The third-order valence-electron chi connectivity index (χ3n) is 11.9. The third-order valence-corrected chi connectivity index (χ3v) is 12.5. The minimum atomic E-state index is -1.67. The topological polar surface area (TPSA) is 395 Å². The number of primary amides is 1. The summed E-state index contributed by atoms with van der Waals surface area (Å²) in [7, 11) is 0. The largest absolute Gasteiger partial charge is 0.480 e. The molecule has 0 unspecified atom stereocenters. The van der Waals surface area contributed by atoms with Gasteiger partial charge in [0.15, 0.2) is 5.96 Å². The molecule has 0 aromatic heterocycles. The van der Waals surface area contributed by atoms with Crippen LogP contribution in [0, 0.1) is 23.7 Å². The van der Waals surface area contributed by atoms with Crippen molar-refractivity contribution in [1.29, 1.82) is 0 Å². The van der Waals surface area contributed by atoms with Crippen LogP contribution in [0.25, 0.3) is 0 Å². The predicted molar refractivity (Wildman–Crippen MR) is 269 cm³/mol. The van der Waals surface area contributed by atoms with Crippen molar-refractivity contribution in [3.8, 4) is 0 Å². The summed E-state index contributed by atoms with van der Waals surface area (Å²) in [5, 5.41) is 27.8. The Morgan fingerprint density at radius 2 is 1.20 bits per heavy atom. The van der Waals surface area contributed by atoms with Gasteiger partial charge in [0.2, 0.25) is 53.2 Å². The SMILES string of the molecule is CC[C@H](C)[C@H](N)C(=O)N[C@@H](CC(C)C)C(=O)N[C@@H](C)C(=O)N[C@@H](CCCN=C(N)N)C(=O)N[C@@H](CC(N)=O)C(=O)N[C@@H](CC(C)C)C(=O)N[C@H](C(=O)N1CCC[C@H]1C(=O)N[C@@H](CCSC)C(=O)O)C(C)C. The van der Waals surface area contributed by atoms with Gasteiger partial charge in [-0.25, -0.2) is 4.79 Å². The second kappa shape index (κ2) is 31.6. The van der Waals surface area contributed by atoms with E-state index < -0.39 is 126 Å². The van der Waals surface area contributed by atoms with E-state index in [1.54, 1.807) is 27.7 Å². The van der Waals surface area contributed by atoms with E-state index in [1.165, 1.54) is 23.6 Å². The van der Waals surface area contributed by atoms with Crippen molar-refractivity contribution in [2.45, 2.75) is 174 Å². The summed E-state index contributed by atoms with van der Waals surface area (Å²) in [6.07, 6.45) is 2.91. The number of amides is 9. The number of thioether (sulfide) groups is 1. The molecule has 1 aliphatic heterocycles. The molecule has 71 heavy (non-hydrogen) atoms. The number of rotatable bonds is 32. The average Bonchev–Trinajstić information content (AvgIpc) is 3.78. The Kier molecular flexibility index (Phi) is 28.2. The summed E-state index contributed by atoms with van der Waals surface area (Å²) < 4.78 is 0. The molecule has 16 N–H and O–H groups in total. The van der Waals surface area contributed by atoms with Crippen molar-refractivity contribution in [2.24, 2.45) is 51.6 Å². The molecule has 0 spiro atoms. The van der Waals surface area contributed by atoms with Crippen molar-refractivity contribution in [2.75, 3.05) is 25.1 Å². The summed E-state index contributed by atoms with van der Waals surface area (Å²) in [4.78, 5) is 139. The van der Waals surface area contributed by atoms with E-state index in [1.807, 2.05) is 34.0 Å². The Bertz CT molecular complexity index is 1870. The van der Waals surface area contributed by atoms with Crippen molar-refractivity contribution < 1.29 is 53.1 Å². The number of guanidine groups is 1. The molecule has 0 aliphatic carbocycles. The first kappa shape index (κ1) is 63.3. The van der Waals surface area contributed by atoms with Gasteiger partial charge in [-0.2, -0.15) is 11.8 Å². The molecular weight excluding hydrogens is 943 g/mol. The lowest BCUT2D eigenvalue weighted by molar-refractivity contribution is -0.145. The minimum Gasteiger partial charge on any atom is -0.480 e. The maximum absolute atomic E-state index is 14.1. The van der Waals surface area contributed by atoms with Crippen LogP contribution in [0.4, 0.5) is 0 Å². The first-order valence-electron chi connectivity index (χ1n) is 24.4. The molecular formula is C46H83N13O11S. The fourth-order valence-electron chi connectivity index (χ4n) is 7.60. The number of carboxylic acid groups (broad SMARTS) is 1. The zero-order valence-corrected chi connectivity index (χ0v) is 43.9. The summed E-state index contributed by atoms with van der Waals surface area (Å²) in [6.45, 7) is 15.9. The van der Waals surface area contributed by atoms with Crippen LogP contribution in [0.5, 0.6) is 0 Å². The predicted octanol–water partition coefficient (Wildman–Crippen LogP) is -1.72. The van der Waals surface area contributed by atoms with Gasteiger partial charge >= 0.3 is 5.97 Å². The van der Waals surface area contributed by atoms with Crippen LogP contribution in [0.3, 0.4) is 0 Å². The van der Waals surface area contributed by atoms with Gasteiger partial charge in [0.1, 0.15) is 48.3 Å². The monoisotopic (exact) mass is 1030 g/mol. The highest BCUT2D eigenvalue weighted by Gasteiger charge is 2.41. The van der Waals surface area contributed by atoms with Crippen LogP contribution in [-0.4, -0.2) is 155 Å². The number of carbonyl (C=O) groups is 10. The van der Waals surface area contributed by atoms with Crippen molar-refractivity contribution >= 4 is 76.9 Å². The van der Waals surface area contributed by atoms with Gasteiger partial charge in [0.25, 0.3) is 0 Å². The molecule has 0 bridgehead atoms. The van der Waals surface area contributed by atoms with Gasteiger partial charge < -0.3 is 70.2 Å². The van der Waals surface area contributed by atoms with Crippen LogP contribution in [0.15, 0.2) is 4.99 Å². The Morgan fingerprint density at radius 3 is 1.70 bits per heavy atom. The molecule has 9 amide bonds. The molecule has 24 nitrogen and oxygen atoms in total. The number of hydrogen-bond acceptors (Lipinski definition) is 13. The molecule has 0 radical (unpaired) electrons. The van der Waals surface area contributed by atoms with Gasteiger partial charge in [-0.1, -0.05) is 61.8 Å². The summed E-state index contributed by atoms with van der Waals surface area (Å²) in [5.74, 6) is -8.81. The maximum atomic E-state index is 14.1. The van der Waals surface area contributed by atoms with Crippen molar-refractivity contribution in [1.82, 2.24) is 42.1 Å². The smallest absolute Gasteiger partial charge is 0.326 e. The van der Waals surface area contributed by atoms with Crippen LogP contribution in [0.1, 0.15) is 120 Å². The average molecular weight is 1030 g/mol. The Hall–Kier alpha value is -5.72. The molecule has 10 atom stereocenters. The number of carboxylic acids is 1. The van der Waals surface area contributed by atoms with E-state index in [-0.39, 0.29) is 75.3 Å². The number of nitrogens with two attached hydrogens (primary N) is 4. The van der Waals surface area contributed by atoms with E-state index in [0.717, 1.165) is 0 Å². The lowest BCUT2D eigenvalue weighted by Crippen LogP contribution is -2.61. The highest BCUT2D eigenvalue weighted by atomic mass is 32.2. The summed E-state index contributed by atoms with van der Waals surface area (Å²) >= 11 is 1.42. The van der Waals surface area contributed by atoms with Gasteiger partial charge in [0.05, 0.1) is 12.5 Å². The molecule has 0 aromatic rings. The molecule has 1 aliphatic rings. The van der Waals surface area contributed by atoms with E-state index in [0.29, 0.717) is 18.6 Å². The molecule has 0 aromatic carbocycles. The number of likely N-dealkylation sites (tertiary alicyclic amines) is 1. The molecule has 1 fully saturated rings. The lowest BCUT2D eigenvalue weighted by atomic mass is 9.97. The van der Waals surface area contributed by atoms with E-state index >= 15 is 0 Å². The Balaban J connectivity index is 3.38. The number of carbonyl (C=O) groups excluding carboxylic acids is 9. The quantitative estimate of drug-likeness (QED) is 0.0203. The van der Waals surface area contributed by atoms with Crippen LogP contribution in [-0.2, 0) is 47.9 Å². The standard InChI is InChI=1S/C46H83N13O11S/c1-11-26(8)35(48)43(67)57-30(20-23(2)3)39(63)52-27(9)37(61)53-28(14-12-17-51-46(49)50)38(62)56-32(22-34(47)60)40(64)55-31(21-24(4)5)41(65)58-36(25(6)7)44(68)59-18-13-15-33(59)42(66)54-29(45(69)70)16-19-71-10/h23-33,35-36H,11-22,48H2,1-10H3,(H2,47,60)(H,52,63)(H,53,61)(H,54,66)(H,55,64)(H,56,62)(H,57,67)(H,58,65)(H,69,70)(H4,49,50,51)/t26-,27-,28-,29-,30-,31-,32-,33-,35-,36-/m0/s1. The second-order valence-electron chi connectivity index (χ2n) is 19.4. The van der Waals surface area contributed by atoms with E-state index in [4.69, 9.17) is 22.9 Å². The summed E-state index contributed by atoms with van der Waals surface area (Å²) in [6, 6.07) is -10.9. The lowest BCUT2D eigenvalue weighted by Gasteiger charge is -2.32. The van der Waals surface area contributed by atoms with E-state index in [9.17, 15) is 53.1 Å². The second-order valence-corrected chi connectivity index (χ2v) is 20.4. The maximum Gasteiger partial charge on any atom is 0.326 e. The van der Waals surface area contributed by atoms with Crippen LogP contribution >= 0.6 is 11.8 Å². The van der Waals surface area contributed by atoms with E-state index in [2.05, 4.69) is 42.2 Å². The summed E-state index contributed by atoms with van der Waals surface area (Å²) in [5.41, 5.74) is 22.6. The molecule has 404 valence electrons. The zero-order chi connectivity index (χ0) is 54.3. The molecule has 1 saturated heterocycles. The highest BCUT2D eigenvalue weighted by molar-refractivity contribution is 7.98. The number of hydrogen-bond donors (Lipinski definition) is 12. The molecule has 0 saturated carbocycles.